The molecule has 3 aromatic carbocycles. The van der Waals surface area contributed by atoms with Gasteiger partial charge in [-0.1, -0.05) is 24.3 Å². The van der Waals surface area contributed by atoms with E-state index in [1.165, 1.54) is 0 Å². The summed E-state index contributed by atoms with van der Waals surface area (Å²) in [5, 5.41) is 12.1. The molecule has 3 rings (SSSR count). The van der Waals surface area contributed by atoms with Crippen molar-refractivity contribution < 1.29 is 23.6 Å². The van der Waals surface area contributed by atoms with Crippen molar-refractivity contribution in [2.24, 2.45) is 0 Å². The second-order valence-corrected chi connectivity index (χ2v) is 7.86. The lowest BCUT2D eigenvalue weighted by Gasteiger charge is -2.15. The summed E-state index contributed by atoms with van der Waals surface area (Å²) in [6.07, 6.45) is 0. The van der Waals surface area contributed by atoms with E-state index >= 15 is 0 Å². The van der Waals surface area contributed by atoms with Crippen LogP contribution in [0.1, 0.15) is 22.8 Å². The minimum Gasteiger partial charge on any atom is -0.606 e. The van der Waals surface area contributed by atoms with Crippen LogP contribution in [0.2, 0.25) is 0 Å². The van der Waals surface area contributed by atoms with E-state index in [0.29, 0.717) is 32.4 Å². The number of benzene rings is 3. The number of ether oxygens (including phenoxy) is 2. The molecule has 0 aliphatic carbocycles. The molecule has 0 aliphatic rings. The number of nitrogens with one attached hydrogen (secondary N) is 1. The smallest absolute Gasteiger partial charge is 0.344 e. The van der Waals surface area contributed by atoms with Crippen LogP contribution in [0.5, 0.6) is 5.75 Å². The summed E-state index contributed by atoms with van der Waals surface area (Å²) in [6, 6.07) is 21.7. The first-order valence-corrected chi connectivity index (χ1v) is 10.9. The number of nitriles is 1. The largest absolute Gasteiger partial charge is 0.606 e. The molecule has 7 nitrogen and oxygen atoms in total. The number of hydrogen-bond acceptors (Lipinski definition) is 6. The first-order chi connectivity index (χ1) is 15.5. The molecule has 0 aromatic heterocycles. The van der Waals surface area contributed by atoms with Crippen LogP contribution in [-0.2, 0) is 20.7 Å². The van der Waals surface area contributed by atoms with E-state index in [1.54, 1.807) is 79.7 Å². The third-order valence-electron chi connectivity index (χ3n) is 4.32. The number of esters is 1. The molecule has 0 spiro atoms. The molecule has 0 radical (unpaired) electrons. The van der Waals surface area contributed by atoms with Crippen LogP contribution in [0.25, 0.3) is 0 Å². The summed E-state index contributed by atoms with van der Waals surface area (Å²) in [5.74, 6) is -0.457. The molecular weight excluding hydrogens is 428 g/mol. The summed E-state index contributed by atoms with van der Waals surface area (Å²) in [4.78, 5) is 24.9. The van der Waals surface area contributed by atoms with Crippen LogP contribution in [-0.4, -0.2) is 29.6 Å². The van der Waals surface area contributed by atoms with Crippen molar-refractivity contribution in [3.8, 4) is 11.8 Å². The van der Waals surface area contributed by atoms with Crippen LogP contribution in [0, 0.1) is 11.3 Å². The molecule has 1 N–H and O–H groups in total. The third-order valence-corrected chi connectivity index (χ3v) is 5.83. The minimum absolute atomic E-state index is 0.220. The first-order valence-electron chi connectivity index (χ1n) is 9.73. The minimum atomic E-state index is -1.66. The molecule has 1 amide bonds. The monoisotopic (exact) mass is 448 g/mol. The lowest BCUT2D eigenvalue weighted by molar-refractivity contribution is -0.145. The van der Waals surface area contributed by atoms with Gasteiger partial charge in [-0.3, -0.25) is 4.79 Å². The maximum absolute atomic E-state index is 13.1. The van der Waals surface area contributed by atoms with E-state index < -0.39 is 23.1 Å². The zero-order valence-corrected chi connectivity index (χ0v) is 18.1. The van der Waals surface area contributed by atoms with Gasteiger partial charge < -0.3 is 19.3 Å². The van der Waals surface area contributed by atoms with E-state index in [1.807, 2.05) is 6.07 Å². The molecule has 0 heterocycles. The van der Waals surface area contributed by atoms with E-state index in [4.69, 9.17) is 9.47 Å². The Balaban J connectivity index is 1.73. The Morgan fingerprint density at radius 1 is 1.00 bits per heavy atom. The van der Waals surface area contributed by atoms with Gasteiger partial charge in [0.2, 0.25) is 0 Å². The van der Waals surface area contributed by atoms with Crippen molar-refractivity contribution >= 4 is 28.7 Å². The van der Waals surface area contributed by atoms with E-state index in [-0.39, 0.29) is 13.2 Å². The van der Waals surface area contributed by atoms with E-state index in [9.17, 15) is 19.4 Å². The van der Waals surface area contributed by atoms with Crippen molar-refractivity contribution in [1.82, 2.24) is 0 Å². The van der Waals surface area contributed by atoms with Crippen molar-refractivity contribution in [3.05, 3.63) is 83.9 Å². The summed E-state index contributed by atoms with van der Waals surface area (Å²) in [5.41, 5.74) is 1.04. The Hall–Kier alpha value is -3.80. The lowest BCUT2D eigenvalue weighted by Crippen LogP contribution is -2.16. The maximum atomic E-state index is 13.1. The van der Waals surface area contributed by atoms with E-state index in [2.05, 4.69) is 5.32 Å². The Bertz CT molecular complexity index is 1140. The Morgan fingerprint density at radius 3 is 2.34 bits per heavy atom. The van der Waals surface area contributed by atoms with Crippen LogP contribution in [0.4, 0.5) is 5.69 Å². The summed E-state index contributed by atoms with van der Waals surface area (Å²) < 4.78 is 23.3. The van der Waals surface area contributed by atoms with Crippen LogP contribution in [0.3, 0.4) is 0 Å². The van der Waals surface area contributed by atoms with Gasteiger partial charge in [0.15, 0.2) is 16.4 Å². The molecule has 8 heteroatoms. The van der Waals surface area contributed by atoms with Gasteiger partial charge in [-0.15, -0.1) is 0 Å². The van der Waals surface area contributed by atoms with Gasteiger partial charge in [0, 0.05) is 16.7 Å². The quantitative estimate of drug-likeness (QED) is 0.413. The summed E-state index contributed by atoms with van der Waals surface area (Å²) in [6.45, 7) is 1.76. The average molecular weight is 449 g/mol. The standard InChI is InChI=1S/C24H20N2O5S/c1-2-30-23(27)16-31-19-13-11-17(12-14-19)24(28)26-20-8-4-6-10-22(20)32(29)21-9-5-3-7-18(21)15-25/h3-14H,2,16H2,1H3,(H,26,28). The topological polar surface area (TPSA) is 111 Å². The highest BCUT2D eigenvalue weighted by molar-refractivity contribution is 7.91. The number of anilines is 1. The number of carbonyl (C=O) groups excluding carboxylic acids is 2. The highest BCUT2D eigenvalue weighted by atomic mass is 32.2. The number of amides is 1. The van der Waals surface area contributed by atoms with Crippen molar-refractivity contribution in [2.75, 3.05) is 18.5 Å². The predicted molar refractivity (Wildman–Crippen MR) is 119 cm³/mol. The van der Waals surface area contributed by atoms with Gasteiger partial charge in [-0.05, 0) is 55.5 Å². The molecule has 32 heavy (non-hydrogen) atoms. The van der Waals surface area contributed by atoms with Gasteiger partial charge >= 0.3 is 5.97 Å². The fourth-order valence-corrected chi connectivity index (χ4v) is 4.09. The Kier molecular flexibility index (Phi) is 7.86. The van der Waals surface area contributed by atoms with Crippen LogP contribution < -0.4 is 10.1 Å². The zero-order chi connectivity index (χ0) is 22.9. The molecule has 162 valence electrons. The Labute approximate surface area is 188 Å². The fraction of sp³-hybridized carbons (Fsp3) is 0.125. The zero-order valence-electron chi connectivity index (χ0n) is 17.2. The molecule has 1 atom stereocenters. The highest BCUT2D eigenvalue weighted by Gasteiger charge is 2.23. The van der Waals surface area contributed by atoms with E-state index in [0.717, 1.165) is 0 Å². The normalized spacial score (nSPS) is 11.2. The molecule has 0 saturated heterocycles. The van der Waals surface area contributed by atoms with Gasteiger partial charge in [0.05, 0.1) is 12.3 Å². The number of nitrogens with zero attached hydrogens (tertiary/aromatic N) is 1. The van der Waals surface area contributed by atoms with Gasteiger partial charge in [0.25, 0.3) is 5.91 Å². The molecule has 0 bridgehead atoms. The van der Waals surface area contributed by atoms with Crippen molar-refractivity contribution in [1.29, 1.82) is 5.26 Å². The second-order valence-electron chi connectivity index (χ2n) is 6.45. The molecule has 1 unspecified atom stereocenters. The van der Waals surface area contributed by atoms with Crippen LogP contribution in [0.15, 0.2) is 82.6 Å². The third kappa shape index (κ3) is 5.66. The van der Waals surface area contributed by atoms with Crippen molar-refractivity contribution in [3.63, 3.8) is 0 Å². The number of para-hydroxylation sites is 1. The predicted octanol–water partition coefficient (Wildman–Crippen LogP) is 3.92. The molecule has 3 aromatic rings. The summed E-state index contributed by atoms with van der Waals surface area (Å²) >= 11 is -1.66. The summed E-state index contributed by atoms with van der Waals surface area (Å²) in [7, 11) is 0. The lowest BCUT2D eigenvalue weighted by atomic mass is 10.2. The molecule has 0 saturated carbocycles. The SMILES string of the molecule is CCOC(=O)COc1ccc(C(=O)Nc2ccccc2[S+]([O-])c2ccccc2C#N)cc1. The molecule has 0 fully saturated rings. The first kappa shape index (κ1) is 22.9. The maximum Gasteiger partial charge on any atom is 0.344 e. The second kappa shape index (κ2) is 11.0. The average Bonchev–Trinajstić information content (AvgIpc) is 2.83. The van der Waals surface area contributed by atoms with Gasteiger partial charge in [-0.25, -0.2) is 4.79 Å². The number of hydrogen-bond donors (Lipinski definition) is 1. The number of carbonyl (C=O) groups is 2. The molecular formula is C24H20N2O5S. The van der Waals surface area contributed by atoms with Crippen molar-refractivity contribution in [2.45, 2.75) is 16.7 Å². The fourth-order valence-electron chi connectivity index (χ4n) is 2.81. The Morgan fingerprint density at radius 2 is 1.66 bits per heavy atom. The van der Waals surface area contributed by atoms with Gasteiger partial charge in [0.1, 0.15) is 17.4 Å². The molecule has 0 aliphatic heterocycles. The van der Waals surface area contributed by atoms with Gasteiger partial charge in [-0.2, -0.15) is 5.26 Å². The highest BCUT2D eigenvalue weighted by Crippen LogP contribution is 2.29. The van der Waals surface area contributed by atoms with Crippen LogP contribution >= 0.6 is 0 Å². The number of rotatable bonds is 8.